The minimum absolute atomic E-state index is 0.0303. The number of nitrogens with one attached hydrogen (secondary N) is 1. The van der Waals surface area contributed by atoms with Gasteiger partial charge in [0.25, 0.3) is 0 Å². The first-order valence-electron chi connectivity index (χ1n) is 11.0. The van der Waals surface area contributed by atoms with E-state index in [0.29, 0.717) is 60.0 Å². The second-order valence-electron chi connectivity index (χ2n) is 8.74. The van der Waals surface area contributed by atoms with Crippen molar-refractivity contribution in [2.24, 2.45) is 0 Å². The quantitative estimate of drug-likeness (QED) is 0.403. The van der Waals surface area contributed by atoms with E-state index in [1.54, 1.807) is 32.1 Å². The van der Waals surface area contributed by atoms with E-state index in [9.17, 15) is 17.6 Å². The van der Waals surface area contributed by atoms with Crippen molar-refractivity contribution in [3.63, 3.8) is 0 Å². The summed E-state index contributed by atoms with van der Waals surface area (Å²) in [5, 5.41) is 3.90. The highest BCUT2D eigenvalue weighted by atomic mass is 19.4. The molecular weight excluding hydrogens is 450 g/mol. The fraction of sp³-hybridized carbons (Fsp3) is 0.435. The number of anilines is 4. The summed E-state index contributed by atoms with van der Waals surface area (Å²) in [4.78, 5) is 17.4. The molecule has 0 amide bonds. The molecule has 11 heteroatoms. The summed E-state index contributed by atoms with van der Waals surface area (Å²) in [6.45, 7) is 2.85. The van der Waals surface area contributed by atoms with Crippen LogP contribution in [0.2, 0.25) is 0 Å². The highest BCUT2D eigenvalue weighted by Gasteiger charge is 2.31. The van der Waals surface area contributed by atoms with Gasteiger partial charge in [-0.15, -0.1) is 0 Å². The average molecular weight is 478 g/mol. The molecule has 0 unspecified atom stereocenters. The van der Waals surface area contributed by atoms with Crippen molar-refractivity contribution in [3.05, 3.63) is 41.6 Å². The molecule has 182 valence electrons. The van der Waals surface area contributed by atoms with Gasteiger partial charge in [-0.05, 0) is 49.6 Å². The third kappa shape index (κ3) is 5.07. The Kier molecular flexibility index (Phi) is 6.37. The Balaban J connectivity index is 1.72. The van der Waals surface area contributed by atoms with Crippen LogP contribution in [-0.4, -0.2) is 48.3 Å². The summed E-state index contributed by atoms with van der Waals surface area (Å²) in [6.07, 6.45) is -2.79. The predicted molar refractivity (Wildman–Crippen MR) is 126 cm³/mol. The summed E-state index contributed by atoms with van der Waals surface area (Å²) in [6, 6.07) is 4.81. The Morgan fingerprint density at radius 1 is 1.12 bits per heavy atom. The number of halogens is 4. The van der Waals surface area contributed by atoms with Crippen molar-refractivity contribution in [1.29, 1.82) is 0 Å². The van der Waals surface area contributed by atoms with Crippen molar-refractivity contribution in [2.75, 3.05) is 48.0 Å². The molecule has 0 aliphatic carbocycles. The number of alkyl halides is 4. The number of nitrogens with zero attached hydrogens (tertiary/aromatic N) is 5. The molecule has 1 aliphatic rings. The first kappa shape index (κ1) is 23.8. The minimum atomic E-state index is -4.50. The van der Waals surface area contributed by atoms with E-state index in [2.05, 4.69) is 20.3 Å². The molecule has 1 fully saturated rings. The standard InChI is InChI=1S/C23H27F4N7/c1-13(14-8-15(23(25,26)27)10-17(28)9-14)30-21-18-11-20(34-6-4-16(24)5-7-34)29-12-19(18)31-22(32-21)33(2)3/h8-13,16H,4-7,28H2,1-3H3,(H,30,31,32)/t13-/m1/s1. The molecule has 0 saturated carbocycles. The normalized spacial score (nSPS) is 16.0. The third-order valence-corrected chi connectivity index (χ3v) is 5.86. The molecule has 0 spiro atoms. The van der Waals surface area contributed by atoms with Crippen LogP contribution >= 0.6 is 0 Å². The Morgan fingerprint density at radius 2 is 1.82 bits per heavy atom. The molecule has 2 aromatic heterocycles. The summed E-state index contributed by atoms with van der Waals surface area (Å²) >= 11 is 0. The zero-order valence-corrected chi connectivity index (χ0v) is 19.2. The van der Waals surface area contributed by atoms with Crippen LogP contribution in [0, 0.1) is 0 Å². The number of pyridine rings is 1. The molecule has 4 rings (SSSR count). The molecule has 1 aliphatic heterocycles. The van der Waals surface area contributed by atoms with Crippen LogP contribution in [0.1, 0.15) is 36.9 Å². The third-order valence-electron chi connectivity index (χ3n) is 5.86. The Labute approximate surface area is 195 Å². The summed E-state index contributed by atoms with van der Waals surface area (Å²) < 4.78 is 53.5. The lowest BCUT2D eigenvalue weighted by Gasteiger charge is -2.29. The van der Waals surface area contributed by atoms with Gasteiger partial charge in [-0.2, -0.15) is 18.2 Å². The van der Waals surface area contributed by atoms with Crippen LogP contribution in [0.25, 0.3) is 10.9 Å². The van der Waals surface area contributed by atoms with E-state index in [1.165, 1.54) is 6.07 Å². The van der Waals surface area contributed by atoms with Crippen LogP contribution < -0.4 is 20.9 Å². The lowest BCUT2D eigenvalue weighted by atomic mass is 10.0. The van der Waals surface area contributed by atoms with Crippen LogP contribution in [0.5, 0.6) is 0 Å². The average Bonchev–Trinajstić information content (AvgIpc) is 2.78. The van der Waals surface area contributed by atoms with Gasteiger partial charge in [0.05, 0.1) is 23.3 Å². The summed E-state index contributed by atoms with van der Waals surface area (Å²) in [7, 11) is 3.59. The second kappa shape index (κ2) is 9.11. The largest absolute Gasteiger partial charge is 0.416 e. The number of aromatic nitrogens is 3. The van der Waals surface area contributed by atoms with Crippen LogP contribution in [0.4, 0.5) is 40.8 Å². The lowest BCUT2D eigenvalue weighted by Crippen LogP contribution is -2.34. The zero-order valence-electron chi connectivity index (χ0n) is 19.2. The number of hydrogen-bond donors (Lipinski definition) is 2. The highest BCUT2D eigenvalue weighted by Crippen LogP contribution is 2.34. The van der Waals surface area contributed by atoms with Crippen LogP contribution in [-0.2, 0) is 6.18 Å². The fourth-order valence-corrected chi connectivity index (χ4v) is 3.95. The topological polar surface area (TPSA) is 83.2 Å². The molecule has 3 heterocycles. The Hall–Kier alpha value is -3.37. The van der Waals surface area contributed by atoms with E-state index in [1.807, 2.05) is 11.0 Å². The van der Waals surface area contributed by atoms with Gasteiger partial charge in [-0.25, -0.2) is 14.4 Å². The minimum Gasteiger partial charge on any atom is -0.399 e. The van der Waals surface area contributed by atoms with Gasteiger partial charge in [0, 0.05) is 38.3 Å². The molecule has 7 nitrogen and oxygen atoms in total. The van der Waals surface area contributed by atoms with Crippen LogP contribution in [0.15, 0.2) is 30.5 Å². The first-order chi connectivity index (χ1) is 16.0. The monoisotopic (exact) mass is 477 g/mol. The van der Waals surface area contributed by atoms with E-state index in [0.717, 1.165) is 12.1 Å². The highest BCUT2D eigenvalue weighted by molar-refractivity contribution is 5.91. The molecular formula is C23H27F4N7. The van der Waals surface area contributed by atoms with E-state index in [4.69, 9.17) is 5.73 Å². The molecule has 34 heavy (non-hydrogen) atoms. The molecule has 1 aromatic carbocycles. The van der Waals surface area contributed by atoms with Gasteiger partial charge in [0.2, 0.25) is 5.95 Å². The number of benzene rings is 1. The number of rotatable bonds is 5. The van der Waals surface area contributed by atoms with Gasteiger partial charge in [-0.1, -0.05) is 0 Å². The van der Waals surface area contributed by atoms with Crippen molar-refractivity contribution in [3.8, 4) is 0 Å². The molecule has 1 saturated heterocycles. The Bertz CT molecular complexity index is 1170. The summed E-state index contributed by atoms with van der Waals surface area (Å²) in [5.41, 5.74) is 5.94. The maximum Gasteiger partial charge on any atom is 0.416 e. The smallest absolute Gasteiger partial charge is 0.399 e. The Morgan fingerprint density at radius 3 is 2.47 bits per heavy atom. The molecule has 0 bridgehead atoms. The van der Waals surface area contributed by atoms with Crippen molar-refractivity contribution < 1.29 is 17.6 Å². The molecule has 0 radical (unpaired) electrons. The van der Waals surface area contributed by atoms with Gasteiger partial charge < -0.3 is 20.9 Å². The first-order valence-corrected chi connectivity index (χ1v) is 11.0. The van der Waals surface area contributed by atoms with Gasteiger partial charge in [-0.3, -0.25) is 0 Å². The van der Waals surface area contributed by atoms with Gasteiger partial charge >= 0.3 is 6.18 Å². The van der Waals surface area contributed by atoms with Crippen molar-refractivity contribution in [1.82, 2.24) is 15.0 Å². The molecule has 1 atom stereocenters. The number of fused-ring (bicyclic) bond motifs is 1. The van der Waals surface area contributed by atoms with Gasteiger partial charge in [0.15, 0.2) is 0 Å². The van der Waals surface area contributed by atoms with Crippen molar-refractivity contribution in [2.45, 2.75) is 38.2 Å². The number of hydrogen-bond acceptors (Lipinski definition) is 7. The number of nitrogen functional groups attached to an aromatic ring is 1. The van der Waals surface area contributed by atoms with E-state index >= 15 is 0 Å². The van der Waals surface area contributed by atoms with E-state index in [-0.39, 0.29) is 5.69 Å². The predicted octanol–water partition coefficient (Wildman–Crippen LogP) is 4.80. The van der Waals surface area contributed by atoms with Gasteiger partial charge in [0.1, 0.15) is 17.8 Å². The van der Waals surface area contributed by atoms with E-state index < -0.39 is 24.0 Å². The maximum atomic E-state index is 13.6. The second-order valence-corrected chi connectivity index (χ2v) is 8.74. The number of nitrogens with two attached hydrogens (primary N) is 1. The summed E-state index contributed by atoms with van der Waals surface area (Å²) in [5.74, 6) is 1.57. The molecule has 3 aromatic rings. The maximum absolute atomic E-state index is 13.6. The molecule has 3 N–H and O–H groups in total. The fourth-order valence-electron chi connectivity index (χ4n) is 3.95. The zero-order chi connectivity index (χ0) is 24.6. The van der Waals surface area contributed by atoms with Crippen molar-refractivity contribution >= 4 is 34.2 Å². The number of piperidine rings is 1. The van der Waals surface area contributed by atoms with Crippen LogP contribution in [0.3, 0.4) is 0 Å². The lowest BCUT2D eigenvalue weighted by molar-refractivity contribution is -0.137. The SMILES string of the molecule is C[C@@H](Nc1nc(N(C)C)nc2cnc(N3CCC(F)CC3)cc12)c1cc(N)cc(C(F)(F)F)c1.